The third kappa shape index (κ3) is 2.97. The summed E-state index contributed by atoms with van der Waals surface area (Å²) >= 11 is 1.33. The summed E-state index contributed by atoms with van der Waals surface area (Å²) in [5, 5.41) is 1.76. The number of ether oxygens (including phenoxy) is 4. The second-order valence-corrected chi connectivity index (χ2v) is 6.29. The van der Waals surface area contributed by atoms with E-state index in [9.17, 15) is 9.59 Å². The second-order valence-electron chi connectivity index (χ2n) is 5.42. The molecule has 2 aromatic heterocycles. The lowest BCUT2D eigenvalue weighted by atomic mass is 10.1. The van der Waals surface area contributed by atoms with Gasteiger partial charge in [0.05, 0.1) is 18.4 Å². The van der Waals surface area contributed by atoms with Gasteiger partial charge in [-0.3, -0.25) is 9.20 Å². The van der Waals surface area contributed by atoms with Gasteiger partial charge in [0.15, 0.2) is 16.5 Å². The van der Waals surface area contributed by atoms with E-state index < -0.39 is 5.97 Å². The van der Waals surface area contributed by atoms with E-state index in [1.807, 2.05) is 0 Å². The monoisotopic (exact) mass is 374 g/mol. The van der Waals surface area contributed by atoms with Crippen LogP contribution in [0.25, 0.3) is 4.96 Å². The van der Waals surface area contributed by atoms with Crippen LogP contribution in [0.2, 0.25) is 0 Å². The highest BCUT2D eigenvalue weighted by Gasteiger charge is 2.21. The minimum atomic E-state index is -0.576. The van der Waals surface area contributed by atoms with Gasteiger partial charge in [-0.05, 0) is 12.1 Å². The van der Waals surface area contributed by atoms with Crippen molar-refractivity contribution < 1.29 is 23.7 Å². The highest BCUT2D eigenvalue weighted by molar-refractivity contribution is 7.15. The van der Waals surface area contributed by atoms with Crippen LogP contribution in [-0.4, -0.2) is 35.7 Å². The molecule has 0 bridgehead atoms. The van der Waals surface area contributed by atoms with Crippen molar-refractivity contribution in [2.24, 2.45) is 0 Å². The lowest BCUT2D eigenvalue weighted by Crippen LogP contribution is -2.17. The molecule has 0 aliphatic carbocycles. The van der Waals surface area contributed by atoms with Crippen molar-refractivity contribution >= 4 is 22.3 Å². The summed E-state index contributed by atoms with van der Waals surface area (Å²) in [6.45, 7) is 0.697. The molecular weight excluding hydrogens is 360 g/mol. The van der Waals surface area contributed by atoms with Crippen molar-refractivity contribution in [3.05, 3.63) is 51.4 Å². The van der Waals surface area contributed by atoms with Crippen LogP contribution in [0.5, 0.6) is 17.2 Å². The summed E-state index contributed by atoms with van der Waals surface area (Å²) in [5.74, 6) is 0.714. The fourth-order valence-corrected chi connectivity index (χ4v) is 3.31. The Labute approximate surface area is 151 Å². The minimum absolute atomic E-state index is 0.112. The Balaban J connectivity index is 1.55. The van der Waals surface area contributed by atoms with E-state index in [0.29, 0.717) is 41.1 Å². The maximum Gasteiger partial charge on any atom is 0.338 e. The van der Waals surface area contributed by atoms with Gasteiger partial charge in [-0.1, -0.05) is 0 Å². The van der Waals surface area contributed by atoms with Crippen LogP contribution in [0.4, 0.5) is 0 Å². The van der Waals surface area contributed by atoms with E-state index in [0.717, 1.165) is 0 Å². The first kappa shape index (κ1) is 16.4. The predicted octanol–water partition coefficient (Wildman–Crippen LogP) is 1.89. The standard InChI is InChI=1S/C17H14N2O6S/c1-22-12-6-10(7-13-15(12)24-4-3-23-13)16(21)25-9-11-8-14(20)19-2-5-26-17(19)18-11/h2,5-8H,3-4,9H2,1H3. The zero-order valence-electron chi connectivity index (χ0n) is 13.8. The summed E-state index contributed by atoms with van der Waals surface area (Å²) in [7, 11) is 1.48. The number of benzene rings is 1. The normalized spacial score (nSPS) is 12.8. The molecule has 1 aliphatic rings. The van der Waals surface area contributed by atoms with Crippen LogP contribution in [0.15, 0.2) is 34.6 Å². The number of thiazole rings is 1. The summed E-state index contributed by atoms with van der Waals surface area (Å²) in [6, 6.07) is 4.42. The number of nitrogens with zero attached hydrogens (tertiary/aromatic N) is 2. The molecule has 1 aromatic carbocycles. The Kier molecular flexibility index (Phi) is 4.21. The number of esters is 1. The van der Waals surface area contributed by atoms with Gasteiger partial charge in [-0.15, -0.1) is 11.3 Å². The Hall–Kier alpha value is -3.07. The number of aromatic nitrogens is 2. The first-order valence-electron chi connectivity index (χ1n) is 7.76. The van der Waals surface area contributed by atoms with Crippen LogP contribution in [0, 0.1) is 0 Å². The summed E-state index contributed by atoms with van der Waals surface area (Å²) < 4.78 is 23.0. The largest absolute Gasteiger partial charge is 0.493 e. The molecule has 1 aliphatic heterocycles. The summed E-state index contributed by atoms with van der Waals surface area (Å²) in [4.78, 5) is 29.2. The van der Waals surface area contributed by atoms with Crippen molar-refractivity contribution in [1.29, 1.82) is 0 Å². The molecule has 0 N–H and O–H groups in total. The van der Waals surface area contributed by atoms with Gasteiger partial charge in [-0.2, -0.15) is 0 Å². The molecule has 0 atom stereocenters. The lowest BCUT2D eigenvalue weighted by Gasteiger charge is -2.21. The maximum absolute atomic E-state index is 12.4. The summed E-state index contributed by atoms with van der Waals surface area (Å²) in [5.41, 5.74) is 0.429. The number of methoxy groups -OCH3 is 1. The van der Waals surface area contributed by atoms with Gasteiger partial charge in [0.2, 0.25) is 5.75 Å². The molecule has 0 amide bonds. The number of rotatable bonds is 4. The molecule has 0 radical (unpaired) electrons. The van der Waals surface area contributed by atoms with Gasteiger partial charge < -0.3 is 18.9 Å². The first-order valence-corrected chi connectivity index (χ1v) is 8.64. The molecule has 4 rings (SSSR count). The van der Waals surface area contributed by atoms with E-state index in [1.165, 1.54) is 35.0 Å². The third-order valence-corrected chi connectivity index (χ3v) is 4.53. The summed E-state index contributed by atoms with van der Waals surface area (Å²) in [6.07, 6.45) is 1.65. The molecule has 26 heavy (non-hydrogen) atoms. The SMILES string of the molecule is COc1cc(C(=O)OCc2cc(=O)n3ccsc3n2)cc2c1OCCO2. The predicted molar refractivity (Wildman–Crippen MR) is 92.4 cm³/mol. The van der Waals surface area contributed by atoms with Crippen molar-refractivity contribution in [3.63, 3.8) is 0 Å². The van der Waals surface area contributed by atoms with Gasteiger partial charge in [-0.25, -0.2) is 9.78 Å². The van der Waals surface area contributed by atoms with Crippen LogP contribution < -0.4 is 19.8 Å². The van der Waals surface area contributed by atoms with Crippen molar-refractivity contribution in [2.45, 2.75) is 6.61 Å². The minimum Gasteiger partial charge on any atom is -0.493 e. The van der Waals surface area contributed by atoms with Gasteiger partial charge >= 0.3 is 5.97 Å². The maximum atomic E-state index is 12.4. The Bertz CT molecular complexity index is 1020. The van der Waals surface area contributed by atoms with E-state index in [1.54, 1.807) is 17.6 Å². The van der Waals surface area contributed by atoms with Crippen LogP contribution >= 0.6 is 11.3 Å². The fourth-order valence-electron chi connectivity index (χ4n) is 2.58. The molecule has 3 aromatic rings. The molecule has 134 valence electrons. The van der Waals surface area contributed by atoms with Gasteiger partial charge in [0.1, 0.15) is 19.8 Å². The number of hydrogen-bond acceptors (Lipinski definition) is 8. The van der Waals surface area contributed by atoms with E-state index in [-0.39, 0.29) is 17.7 Å². The molecule has 0 fully saturated rings. The zero-order chi connectivity index (χ0) is 18.1. The Morgan fingerprint density at radius 1 is 1.31 bits per heavy atom. The quantitative estimate of drug-likeness (QED) is 0.644. The Morgan fingerprint density at radius 3 is 3.00 bits per heavy atom. The van der Waals surface area contributed by atoms with Crippen LogP contribution in [0.1, 0.15) is 16.1 Å². The molecule has 8 nitrogen and oxygen atoms in total. The molecule has 9 heteroatoms. The molecule has 0 saturated carbocycles. The van der Waals surface area contributed by atoms with Gasteiger partial charge in [0.25, 0.3) is 5.56 Å². The van der Waals surface area contributed by atoms with Crippen molar-refractivity contribution in [2.75, 3.05) is 20.3 Å². The fraction of sp³-hybridized carbons (Fsp3) is 0.235. The smallest absolute Gasteiger partial charge is 0.338 e. The molecule has 3 heterocycles. The lowest BCUT2D eigenvalue weighted by molar-refractivity contribution is 0.0466. The number of carbonyl (C=O) groups is 1. The highest BCUT2D eigenvalue weighted by Crippen LogP contribution is 2.40. The number of carbonyl (C=O) groups excluding carboxylic acids is 1. The molecule has 0 unspecified atom stereocenters. The molecule has 0 spiro atoms. The average molecular weight is 374 g/mol. The van der Waals surface area contributed by atoms with Crippen molar-refractivity contribution in [1.82, 2.24) is 9.38 Å². The molecule has 0 saturated heterocycles. The Morgan fingerprint density at radius 2 is 2.15 bits per heavy atom. The first-order chi connectivity index (χ1) is 12.7. The highest BCUT2D eigenvalue weighted by atomic mass is 32.1. The number of fused-ring (bicyclic) bond motifs is 2. The number of hydrogen-bond donors (Lipinski definition) is 0. The second kappa shape index (κ2) is 6.68. The third-order valence-electron chi connectivity index (χ3n) is 3.77. The topological polar surface area (TPSA) is 88.4 Å². The van der Waals surface area contributed by atoms with E-state index >= 15 is 0 Å². The molecular formula is C17H14N2O6S. The van der Waals surface area contributed by atoms with E-state index in [2.05, 4.69) is 4.98 Å². The average Bonchev–Trinajstić information content (AvgIpc) is 3.14. The van der Waals surface area contributed by atoms with Crippen LogP contribution in [0.3, 0.4) is 0 Å². The van der Waals surface area contributed by atoms with Crippen LogP contribution in [-0.2, 0) is 11.3 Å². The van der Waals surface area contributed by atoms with E-state index in [4.69, 9.17) is 18.9 Å². The van der Waals surface area contributed by atoms with Gasteiger partial charge in [0, 0.05) is 17.6 Å². The van der Waals surface area contributed by atoms with Crippen molar-refractivity contribution in [3.8, 4) is 17.2 Å². The zero-order valence-corrected chi connectivity index (χ0v) is 14.6.